The van der Waals surface area contributed by atoms with E-state index in [-0.39, 0.29) is 23.3 Å². The molecule has 4 bridgehead atoms. The van der Waals surface area contributed by atoms with Crippen molar-refractivity contribution in [2.24, 2.45) is 23.2 Å². The number of ether oxygens (including phenoxy) is 1. The van der Waals surface area contributed by atoms with Gasteiger partial charge in [0.25, 0.3) is 0 Å². The number of rotatable bonds is 7. The van der Waals surface area contributed by atoms with Crippen molar-refractivity contribution >= 4 is 11.8 Å². The van der Waals surface area contributed by atoms with Crippen LogP contribution in [0.5, 0.6) is 5.75 Å². The molecule has 6 rings (SSSR count). The fourth-order valence-electron chi connectivity index (χ4n) is 7.42. The molecule has 2 amide bonds. The van der Waals surface area contributed by atoms with Crippen molar-refractivity contribution in [3.05, 3.63) is 29.8 Å². The zero-order chi connectivity index (χ0) is 21.4. The second kappa shape index (κ2) is 8.48. The number of hydrogen-bond donors (Lipinski definition) is 1. The summed E-state index contributed by atoms with van der Waals surface area (Å²) in [5.74, 6) is 3.65. The van der Waals surface area contributed by atoms with Gasteiger partial charge in [-0.1, -0.05) is 12.1 Å². The van der Waals surface area contributed by atoms with Gasteiger partial charge in [0, 0.05) is 24.9 Å². The number of methoxy groups -OCH3 is 1. The molecule has 1 heterocycles. The highest BCUT2D eigenvalue weighted by molar-refractivity contribution is 5.83. The van der Waals surface area contributed by atoms with E-state index in [4.69, 9.17) is 4.74 Å². The van der Waals surface area contributed by atoms with Gasteiger partial charge in [-0.05, 0) is 93.2 Å². The fraction of sp³-hybridized carbons (Fsp3) is 0.692. The zero-order valence-corrected chi connectivity index (χ0v) is 18.8. The lowest BCUT2D eigenvalue weighted by molar-refractivity contribution is -0.146. The lowest BCUT2D eigenvalue weighted by Gasteiger charge is -2.55. The van der Waals surface area contributed by atoms with Crippen LogP contribution >= 0.6 is 0 Å². The molecule has 5 fully saturated rings. The second-order valence-corrected chi connectivity index (χ2v) is 10.6. The first-order valence-electron chi connectivity index (χ1n) is 12.3. The van der Waals surface area contributed by atoms with Gasteiger partial charge in [-0.25, -0.2) is 0 Å². The van der Waals surface area contributed by atoms with Crippen LogP contribution in [-0.2, 0) is 9.59 Å². The molecule has 4 saturated carbocycles. The number of carbonyl (C=O) groups is 2. The average Bonchev–Trinajstić information content (AvgIpc) is 3.25. The smallest absolute Gasteiger partial charge is 0.226 e. The summed E-state index contributed by atoms with van der Waals surface area (Å²) >= 11 is 0. The highest BCUT2D eigenvalue weighted by Gasteiger charge is 2.54. The van der Waals surface area contributed by atoms with Crippen molar-refractivity contribution in [3.8, 4) is 5.75 Å². The number of likely N-dealkylation sites (tertiary alicyclic amines) is 1. The van der Waals surface area contributed by atoms with Gasteiger partial charge in [0.2, 0.25) is 11.8 Å². The van der Waals surface area contributed by atoms with Crippen molar-refractivity contribution in [1.29, 1.82) is 0 Å². The Hall–Kier alpha value is -2.04. The molecule has 5 aliphatic rings. The number of amides is 2. The minimum Gasteiger partial charge on any atom is -0.497 e. The molecule has 5 heteroatoms. The Morgan fingerprint density at radius 3 is 2.52 bits per heavy atom. The van der Waals surface area contributed by atoms with Crippen molar-refractivity contribution in [2.75, 3.05) is 20.2 Å². The van der Waals surface area contributed by atoms with Crippen LogP contribution in [0, 0.1) is 23.2 Å². The Bertz CT molecular complexity index is 800. The molecule has 1 aliphatic heterocycles. The molecule has 0 radical (unpaired) electrons. The Morgan fingerprint density at radius 2 is 1.84 bits per heavy atom. The van der Waals surface area contributed by atoms with Gasteiger partial charge in [-0.3, -0.25) is 9.59 Å². The van der Waals surface area contributed by atoms with Crippen LogP contribution in [0.3, 0.4) is 0 Å². The summed E-state index contributed by atoms with van der Waals surface area (Å²) in [6.07, 6.45) is 10.6. The SMILES string of the molecule is COc1cccc(C2CCCN2C(=O)CCCNC(=O)C23CC4CC(CC(C4)C2)C3)c1. The van der Waals surface area contributed by atoms with E-state index in [1.165, 1.54) is 19.3 Å². The number of carbonyl (C=O) groups excluding carboxylic acids is 2. The summed E-state index contributed by atoms with van der Waals surface area (Å²) in [5.41, 5.74) is 1.06. The minimum atomic E-state index is -0.0921. The summed E-state index contributed by atoms with van der Waals surface area (Å²) in [7, 11) is 1.67. The Kier molecular flexibility index (Phi) is 5.70. The maximum Gasteiger partial charge on any atom is 0.226 e. The van der Waals surface area contributed by atoms with Crippen LogP contribution in [0.15, 0.2) is 24.3 Å². The molecule has 168 valence electrons. The molecule has 31 heavy (non-hydrogen) atoms. The van der Waals surface area contributed by atoms with Crippen molar-refractivity contribution in [2.45, 2.75) is 70.3 Å². The van der Waals surface area contributed by atoms with Crippen LogP contribution < -0.4 is 10.1 Å². The van der Waals surface area contributed by atoms with Gasteiger partial charge in [-0.15, -0.1) is 0 Å². The monoisotopic (exact) mass is 424 g/mol. The molecular formula is C26H36N2O3. The summed E-state index contributed by atoms with van der Waals surface area (Å²) < 4.78 is 5.36. The Balaban J connectivity index is 1.11. The van der Waals surface area contributed by atoms with E-state index in [0.717, 1.165) is 74.1 Å². The first-order valence-corrected chi connectivity index (χ1v) is 12.3. The molecule has 5 nitrogen and oxygen atoms in total. The molecule has 1 N–H and O–H groups in total. The summed E-state index contributed by atoms with van der Waals surface area (Å²) in [6, 6.07) is 8.21. The minimum absolute atomic E-state index is 0.0921. The lowest BCUT2D eigenvalue weighted by Crippen LogP contribution is -2.53. The van der Waals surface area contributed by atoms with E-state index >= 15 is 0 Å². The molecule has 1 unspecified atom stereocenters. The van der Waals surface area contributed by atoms with Crippen LogP contribution in [0.2, 0.25) is 0 Å². The standard InChI is InChI=1S/C26H36N2O3/c1-31-22-6-2-5-21(14-22)23-7-4-10-28(23)24(29)8-3-9-27-25(30)26-15-18-11-19(16-26)13-20(12-18)17-26/h2,5-6,14,18-20,23H,3-4,7-13,15-17H2,1H3,(H,27,30). The first-order chi connectivity index (χ1) is 15.1. The predicted octanol–water partition coefficient (Wildman–Crippen LogP) is 4.47. The zero-order valence-electron chi connectivity index (χ0n) is 18.8. The number of benzene rings is 1. The topological polar surface area (TPSA) is 58.6 Å². The second-order valence-electron chi connectivity index (χ2n) is 10.6. The number of nitrogens with zero attached hydrogens (tertiary/aromatic N) is 1. The molecule has 1 aromatic carbocycles. The maximum absolute atomic E-state index is 13.1. The largest absolute Gasteiger partial charge is 0.497 e. The normalized spacial score (nSPS) is 33.5. The number of hydrogen-bond acceptors (Lipinski definition) is 3. The third-order valence-electron chi connectivity index (χ3n) is 8.42. The van der Waals surface area contributed by atoms with Crippen molar-refractivity contribution < 1.29 is 14.3 Å². The van der Waals surface area contributed by atoms with Gasteiger partial charge in [0.15, 0.2) is 0 Å². The Morgan fingerprint density at radius 1 is 1.13 bits per heavy atom. The van der Waals surface area contributed by atoms with E-state index in [9.17, 15) is 9.59 Å². The lowest BCUT2D eigenvalue weighted by atomic mass is 9.49. The maximum atomic E-state index is 13.1. The molecular weight excluding hydrogens is 388 g/mol. The molecule has 0 spiro atoms. The highest BCUT2D eigenvalue weighted by atomic mass is 16.5. The first kappa shape index (κ1) is 20.8. The third-order valence-corrected chi connectivity index (χ3v) is 8.42. The highest BCUT2D eigenvalue weighted by Crippen LogP contribution is 2.60. The number of nitrogens with one attached hydrogen (secondary N) is 1. The van der Waals surface area contributed by atoms with Gasteiger partial charge >= 0.3 is 0 Å². The molecule has 1 aromatic rings. The van der Waals surface area contributed by atoms with E-state index in [1.807, 2.05) is 23.1 Å². The summed E-state index contributed by atoms with van der Waals surface area (Å²) in [4.78, 5) is 28.0. The quantitative estimate of drug-likeness (QED) is 0.657. The van der Waals surface area contributed by atoms with Crippen LogP contribution in [-0.4, -0.2) is 36.9 Å². The van der Waals surface area contributed by atoms with Gasteiger partial charge < -0.3 is 15.0 Å². The van der Waals surface area contributed by atoms with Gasteiger partial charge in [-0.2, -0.15) is 0 Å². The predicted molar refractivity (Wildman–Crippen MR) is 120 cm³/mol. The molecule has 1 saturated heterocycles. The van der Waals surface area contributed by atoms with Crippen LogP contribution in [0.25, 0.3) is 0 Å². The third kappa shape index (κ3) is 4.08. The molecule has 4 aliphatic carbocycles. The van der Waals surface area contributed by atoms with Crippen LogP contribution in [0.1, 0.15) is 75.8 Å². The summed E-state index contributed by atoms with van der Waals surface area (Å²) in [6.45, 7) is 1.43. The Labute approximate surface area is 185 Å². The van der Waals surface area contributed by atoms with Gasteiger partial charge in [0.05, 0.1) is 13.2 Å². The fourth-order valence-corrected chi connectivity index (χ4v) is 7.42. The van der Waals surface area contributed by atoms with E-state index < -0.39 is 0 Å². The van der Waals surface area contributed by atoms with Crippen molar-refractivity contribution in [1.82, 2.24) is 10.2 Å². The van der Waals surface area contributed by atoms with Crippen molar-refractivity contribution in [3.63, 3.8) is 0 Å². The van der Waals surface area contributed by atoms with E-state index in [1.54, 1.807) is 7.11 Å². The molecule has 1 atom stereocenters. The average molecular weight is 425 g/mol. The van der Waals surface area contributed by atoms with E-state index in [0.29, 0.717) is 13.0 Å². The van der Waals surface area contributed by atoms with E-state index in [2.05, 4.69) is 11.4 Å². The molecule has 0 aromatic heterocycles. The van der Waals surface area contributed by atoms with Gasteiger partial charge in [0.1, 0.15) is 5.75 Å². The summed E-state index contributed by atoms with van der Waals surface area (Å²) in [5, 5.41) is 3.22. The van der Waals surface area contributed by atoms with Crippen LogP contribution in [0.4, 0.5) is 0 Å².